The molecule has 7 heteroatoms. The largest absolute Gasteiger partial charge is 0.496 e. The topological polar surface area (TPSA) is 48.0 Å². The number of ether oxygens (including phenoxy) is 3. The number of carbonyl (C=O) groups excluding carboxylic acids is 1. The molecule has 1 saturated heterocycles. The molecule has 0 atom stereocenters. The maximum atomic E-state index is 12.4. The molecule has 1 heterocycles. The van der Waals surface area contributed by atoms with Crippen molar-refractivity contribution in [3.05, 3.63) is 35.3 Å². The van der Waals surface area contributed by atoms with Crippen molar-refractivity contribution in [1.82, 2.24) is 4.90 Å². The molecule has 0 saturated carbocycles. The zero-order valence-electron chi connectivity index (χ0n) is 13.1. The van der Waals surface area contributed by atoms with E-state index < -0.39 is 0 Å². The third-order valence-electron chi connectivity index (χ3n) is 3.21. The van der Waals surface area contributed by atoms with Gasteiger partial charge in [0.05, 0.1) is 31.8 Å². The predicted molar refractivity (Wildman–Crippen MR) is 96.2 cm³/mol. The van der Waals surface area contributed by atoms with Crippen LogP contribution in [-0.4, -0.2) is 43.0 Å². The summed E-state index contributed by atoms with van der Waals surface area (Å²) in [4.78, 5) is 14.4. The van der Waals surface area contributed by atoms with Gasteiger partial charge in [0.2, 0.25) is 0 Å². The lowest BCUT2D eigenvalue weighted by atomic mass is 10.1. The Kier molecular flexibility index (Phi) is 5.68. The van der Waals surface area contributed by atoms with Crippen molar-refractivity contribution in [3.63, 3.8) is 0 Å². The number of hydrogen-bond donors (Lipinski definition) is 0. The van der Waals surface area contributed by atoms with Gasteiger partial charge in [-0.1, -0.05) is 30.1 Å². The van der Waals surface area contributed by atoms with Gasteiger partial charge in [-0.3, -0.25) is 9.69 Å². The summed E-state index contributed by atoms with van der Waals surface area (Å²) in [5.74, 6) is 1.56. The predicted octanol–water partition coefficient (Wildman–Crippen LogP) is 3.10. The summed E-state index contributed by atoms with van der Waals surface area (Å²) in [7, 11) is 4.66. The van der Waals surface area contributed by atoms with Crippen molar-refractivity contribution in [3.8, 4) is 17.2 Å². The van der Waals surface area contributed by atoms with E-state index in [-0.39, 0.29) is 5.91 Å². The highest BCUT2D eigenvalue weighted by atomic mass is 32.2. The van der Waals surface area contributed by atoms with E-state index in [1.165, 1.54) is 16.7 Å². The van der Waals surface area contributed by atoms with Crippen LogP contribution in [-0.2, 0) is 4.79 Å². The first kappa shape index (κ1) is 17.4. The number of carbonyl (C=O) groups is 1. The van der Waals surface area contributed by atoms with E-state index in [0.29, 0.717) is 38.6 Å². The van der Waals surface area contributed by atoms with E-state index in [1.54, 1.807) is 45.6 Å². The maximum Gasteiger partial charge on any atom is 0.266 e. The van der Waals surface area contributed by atoms with Crippen molar-refractivity contribution in [1.29, 1.82) is 0 Å². The SMILES string of the molecule is C=CCN1C(=O)/C(=C\c2c(OC)cc(OC)cc2OC)SC1=S. The summed E-state index contributed by atoms with van der Waals surface area (Å²) in [5, 5.41) is 0. The number of rotatable bonds is 6. The molecule has 1 aromatic carbocycles. The van der Waals surface area contributed by atoms with E-state index in [1.807, 2.05) is 0 Å². The average Bonchev–Trinajstić information content (AvgIpc) is 2.82. The molecule has 122 valence electrons. The molecule has 23 heavy (non-hydrogen) atoms. The van der Waals surface area contributed by atoms with Gasteiger partial charge in [0.1, 0.15) is 21.6 Å². The first-order valence-corrected chi connectivity index (χ1v) is 7.94. The van der Waals surface area contributed by atoms with Crippen LogP contribution in [0.1, 0.15) is 5.56 Å². The summed E-state index contributed by atoms with van der Waals surface area (Å²) < 4.78 is 16.5. The number of thiocarbonyl (C=S) groups is 1. The van der Waals surface area contributed by atoms with Gasteiger partial charge in [0, 0.05) is 18.7 Å². The van der Waals surface area contributed by atoms with Crippen LogP contribution in [0.5, 0.6) is 17.2 Å². The molecule has 0 unspecified atom stereocenters. The molecule has 1 aliphatic rings. The second kappa shape index (κ2) is 7.52. The minimum absolute atomic E-state index is 0.153. The van der Waals surface area contributed by atoms with Crippen molar-refractivity contribution >= 4 is 40.3 Å². The van der Waals surface area contributed by atoms with Crippen LogP contribution < -0.4 is 14.2 Å². The lowest BCUT2D eigenvalue weighted by Gasteiger charge is -2.13. The molecule has 0 aliphatic carbocycles. The van der Waals surface area contributed by atoms with Crippen LogP contribution in [0.3, 0.4) is 0 Å². The second-order valence-corrected chi connectivity index (χ2v) is 6.20. The third kappa shape index (κ3) is 3.51. The summed E-state index contributed by atoms with van der Waals surface area (Å²) in [6.45, 7) is 4.03. The van der Waals surface area contributed by atoms with E-state index in [0.717, 1.165) is 0 Å². The minimum Gasteiger partial charge on any atom is -0.496 e. The molecule has 2 rings (SSSR count). The van der Waals surface area contributed by atoms with E-state index in [9.17, 15) is 4.79 Å². The van der Waals surface area contributed by atoms with E-state index in [2.05, 4.69) is 6.58 Å². The Bertz CT molecular complexity index is 660. The van der Waals surface area contributed by atoms with Crippen molar-refractivity contribution in [2.75, 3.05) is 27.9 Å². The van der Waals surface area contributed by atoms with Gasteiger partial charge in [-0.15, -0.1) is 6.58 Å². The summed E-state index contributed by atoms with van der Waals surface area (Å²) in [6, 6.07) is 3.47. The van der Waals surface area contributed by atoms with Gasteiger partial charge < -0.3 is 14.2 Å². The Morgan fingerprint density at radius 2 is 1.83 bits per heavy atom. The van der Waals surface area contributed by atoms with Crippen LogP contribution >= 0.6 is 24.0 Å². The Morgan fingerprint density at radius 3 is 2.30 bits per heavy atom. The Morgan fingerprint density at radius 1 is 1.22 bits per heavy atom. The molecular weight excluding hydrogens is 334 g/mol. The van der Waals surface area contributed by atoms with E-state index in [4.69, 9.17) is 26.4 Å². The third-order valence-corrected chi connectivity index (χ3v) is 4.59. The number of hydrogen-bond acceptors (Lipinski definition) is 6. The molecule has 1 amide bonds. The van der Waals surface area contributed by atoms with Gasteiger partial charge in [-0.2, -0.15) is 0 Å². The molecule has 1 aromatic rings. The fraction of sp³-hybridized carbons (Fsp3) is 0.250. The van der Waals surface area contributed by atoms with Crippen LogP contribution in [0, 0.1) is 0 Å². The number of methoxy groups -OCH3 is 3. The first-order chi connectivity index (χ1) is 11.0. The van der Waals surface area contributed by atoms with Crippen LogP contribution in [0.15, 0.2) is 29.7 Å². The Labute approximate surface area is 144 Å². The highest BCUT2D eigenvalue weighted by Gasteiger charge is 2.31. The smallest absolute Gasteiger partial charge is 0.266 e. The van der Waals surface area contributed by atoms with Crippen LogP contribution in [0.2, 0.25) is 0 Å². The highest BCUT2D eigenvalue weighted by Crippen LogP contribution is 2.39. The number of nitrogens with zero attached hydrogens (tertiary/aromatic N) is 1. The lowest BCUT2D eigenvalue weighted by molar-refractivity contribution is -0.121. The molecule has 0 spiro atoms. The van der Waals surface area contributed by atoms with Crippen molar-refractivity contribution in [2.24, 2.45) is 0 Å². The quantitative estimate of drug-likeness (QED) is 0.446. The second-order valence-electron chi connectivity index (χ2n) is 4.53. The molecule has 5 nitrogen and oxygen atoms in total. The molecule has 1 aliphatic heterocycles. The number of thioether (sulfide) groups is 1. The minimum atomic E-state index is -0.153. The Hall–Kier alpha value is -1.99. The lowest BCUT2D eigenvalue weighted by Crippen LogP contribution is -2.27. The molecule has 1 fully saturated rings. The van der Waals surface area contributed by atoms with Crippen LogP contribution in [0.25, 0.3) is 6.08 Å². The molecular formula is C16H17NO4S2. The number of benzene rings is 1. The highest BCUT2D eigenvalue weighted by molar-refractivity contribution is 8.26. The monoisotopic (exact) mass is 351 g/mol. The Balaban J connectivity index is 2.48. The van der Waals surface area contributed by atoms with Gasteiger partial charge in [-0.05, 0) is 6.08 Å². The number of amides is 1. The zero-order chi connectivity index (χ0) is 17.0. The van der Waals surface area contributed by atoms with Gasteiger partial charge in [0.15, 0.2) is 0 Å². The molecule has 0 N–H and O–H groups in total. The zero-order valence-corrected chi connectivity index (χ0v) is 14.8. The standard InChI is InChI=1S/C16H17NO4S2/c1-5-6-17-15(18)14(23-16(17)22)9-11-12(20-3)7-10(19-2)8-13(11)21-4/h5,7-9H,1,6H2,2-4H3/b14-9+. The summed E-state index contributed by atoms with van der Waals surface area (Å²) in [6.07, 6.45) is 3.36. The summed E-state index contributed by atoms with van der Waals surface area (Å²) in [5.41, 5.74) is 0.662. The van der Waals surface area contributed by atoms with Gasteiger partial charge in [0.25, 0.3) is 5.91 Å². The molecule has 0 radical (unpaired) electrons. The van der Waals surface area contributed by atoms with E-state index >= 15 is 0 Å². The fourth-order valence-electron chi connectivity index (χ4n) is 2.09. The van der Waals surface area contributed by atoms with Gasteiger partial charge in [-0.25, -0.2) is 0 Å². The molecule has 0 aromatic heterocycles. The molecule has 0 bridgehead atoms. The van der Waals surface area contributed by atoms with Crippen LogP contribution in [0.4, 0.5) is 0 Å². The van der Waals surface area contributed by atoms with Crippen molar-refractivity contribution in [2.45, 2.75) is 0 Å². The van der Waals surface area contributed by atoms with Crippen molar-refractivity contribution < 1.29 is 19.0 Å². The maximum absolute atomic E-state index is 12.4. The fourth-order valence-corrected chi connectivity index (χ4v) is 3.35. The summed E-state index contributed by atoms with van der Waals surface area (Å²) >= 11 is 6.48. The first-order valence-electron chi connectivity index (χ1n) is 6.72. The average molecular weight is 351 g/mol. The van der Waals surface area contributed by atoms with Gasteiger partial charge >= 0.3 is 0 Å². The normalized spacial score (nSPS) is 16.0.